The van der Waals surface area contributed by atoms with E-state index in [2.05, 4.69) is 64.9 Å². The molecule has 3 nitrogen and oxygen atoms in total. The second-order valence-corrected chi connectivity index (χ2v) is 6.64. The zero-order valence-electron chi connectivity index (χ0n) is 12.1. The van der Waals surface area contributed by atoms with Gasteiger partial charge in [0.15, 0.2) is 0 Å². The summed E-state index contributed by atoms with van der Waals surface area (Å²) in [6.45, 7) is 4.95. The number of hydrogen-bond donors (Lipinski definition) is 1. The minimum absolute atomic E-state index is 0.107. The van der Waals surface area contributed by atoms with Gasteiger partial charge < -0.3 is 15.5 Å². The number of anilines is 1. The van der Waals surface area contributed by atoms with Crippen molar-refractivity contribution in [2.24, 2.45) is 5.73 Å². The number of halogens is 1. The molecule has 2 N–H and O–H groups in total. The first kappa shape index (κ1) is 14.8. The maximum absolute atomic E-state index is 6.06. The SMILES string of the molecule is Cc1ccc(N2CCCC(CN)(N(C)C)C2)cc1Br. The number of nitrogens with two attached hydrogens (primary N) is 1. The molecule has 2 rings (SSSR count). The molecule has 1 saturated heterocycles. The lowest BCUT2D eigenvalue weighted by molar-refractivity contribution is 0.135. The summed E-state index contributed by atoms with van der Waals surface area (Å²) in [6.07, 6.45) is 2.38. The van der Waals surface area contributed by atoms with Crippen molar-refractivity contribution in [3.63, 3.8) is 0 Å². The first-order valence-corrected chi connectivity index (χ1v) is 7.66. The van der Waals surface area contributed by atoms with Crippen LogP contribution in [0, 0.1) is 6.92 Å². The molecule has 1 aliphatic rings. The Hall–Kier alpha value is -0.580. The van der Waals surface area contributed by atoms with Gasteiger partial charge in [0.1, 0.15) is 0 Å². The van der Waals surface area contributed by atoms with E-state index in [9.17, 15) is 0 Å². The Morgan fingerprint density at radius 1 is 1.42 bits per heavy atom. The Balaban J connectivity index is 2.23. The zero-order valence-corrected chi connectivity index (χ0v) is 13.7. The Morgan fingerprint density at radius 2 is 2.16 bits per heavy atom. The number of benzene rings is 1. The molecule has 1 aromatic rings. The molecule has 0 aliphatic carbocycles. The predicted molar refractivity (Wildman–Crippen MR) is 85.8 cm³/mol. The Kier molecular flexibility index (Phi) is 4.54. The van der Waals surface area contributed by atoms with Crippen LogP contribution in [-0.2, 0) is 0 Å². The fourth-order valence-corrected chi connectivity index (χ4v) is 3.19. The summed E-state index contributed by atoms with van der Waals surface area (Å²) in [5.74, 6) is 0. The van der Waals surface area contributed by atoms with Gasteiger partial charge >= 0.3 is 0 Å². The summed E-state index contributed by atoms with van der Waals surface area (Å²) in [4.78, 5) is 4.75. The van der Waals surface area contributed by atoms with E-state index in [0.717, 1.165) is 13.1 Å². The number of piperidine rings is 1. The molecule has 0 aromatic heterocycles. The normalized spacial score (nSPS) is 24.0. The molecule has 1 unspecified atom stereocenters. The zero-order chi connectivity index (χ0) is 14.0. The van der Waals surface area contributed by atoms with Gasteiger partial charge in [-0.2, -0.15) is 0 Å². The fourth-order valence-electron chi connectivity index (χ4n) is 2.83. The highest BCUT2D eigenvalue weighted by molar-refractivity contribution is 9.10. The van der Waals surface area contributed by atoms with Crippen LogP contribution in [0.4, 0.5) is 5.69 Å². The standard InChI is InChI=1S/C15H24BrN3/c1-12-5-6-13(9-14(12)16)19-8-4-7-15(10-17,11-19)18(2)3/h5-6,9H,4,7-8,10-11,17H2,1-3H3. The van der Waals surface area contributed by atoms with Crippen LogP contribution >= 0.6 is 15.9 Å². The number of aryl methyl sites for hydroxylation is 1. The molecular formula is C15H24BrN3. The smallest absolute Gasteiger partial charge is 0.0501 e. The molecule has 19 heavy (non-hydrogen) atoms. The molecule has 1 aliphatic heterocycles. The first-order valence-electron chi connectivity index (χ1n) is 6.87. The number of rotatable bonds is 3. The molecule has 0 amide bonds. The van der Waals surface area contributed by atoms with Crippen LogP contribution in [0.5, 0.6) is 0 Å². The molecule has 0 spiro atoms. The molecule has 4 heteroatoms. The van der Waals surface area contributed by atoms with E-state index in [1.807, 2.05) is 0 Å². The highest BCUT2D eigenvalue weighted by atomic mass is 79.9. The average Bonchev–Trinajstić information content (AvgIpc) is 2.41. The van der Waals surface area contributed by atoms with Crippen LogP contribution in [0.1, 0.15) is 18.4 Å². The van der Waals surface area contributed by atoms with Gasteiger partial charge in [0.05, 0.1) is 5.54 Å². The van der Waals surface area contributed by atoms with Gasteiger partial charge in [0, 0.05) is 29.8 Å². The molecule has 0 bridgehead atoms. The summed E-state index contributed by atoms with van der Waals surface area (Å²) in [5.41, 5.74) is 8.73. The predicted octanol–water partition coefficient (Wildman–Crippen LogP) is 2.62. The number of likely N-dealkylation sites (N-methyl/N-ethyl adjacent to an activating group) is 1. The van der Waals surface area contributed by atoms with E-state index in [0.29, 0.717) is 6.54 Å². The summed E-state index contributed by atoms with van der Waals surface area (Å²) >= 11 is 3.63. The summed E-state index contributed by atoms with van der Waals surface area (Å²) in [6, 6.07) is 6.60. The van der Waals surface area contributed by atoms with Crippen molar-refractivity contribution in [1.82, 2.24) is 4.90 Å². The minimum Gasteiger partial charge on any atom is -0.370 e. The van der Waals surface area contributed by atoms with Crippen molar-refractivity contribution in [3.05, 3.63) is 28.2 Å². The third-order valence-corrected chi connectivity index (χ3v) is 5.26. The molecule has 1 atom stereocenters. The number of nitrogens with zero attached hydrogens (tertiary/aromatic N) is 2. The second-order valence-electron chi connectivity index (χ2n) is 5.78. The lowest BCUT2D eigenvalue weighted by Crippen LogP contribution is -2.60. The fraction of sp³-hybridized carbons (Fsp3) is 0.600. The van der Waals surface area contributed by atoms with Gasteiger partial charge in [0.25, 0.3) is 0 Å². The van der Waals surface area contributed by atoms with E-state index in [4.69, 9.17) is 5.73 Å². The van der Waals surface area contributed by atoms with E-state index >= 15 is 0 Å². The monoisotopic (exact) mass is 325 g/mol. The maximum Gasteiger partial charge on any atom is 0.0501 e. The van der Waals surface area contributed by atoms with E-state index in [1.54, 1.807) is 0 Å². The third kappa shape index (κ3) is 2.96. The van der Waals surface area contributed by atoms with Crippen molar-refractivity contribution in [2.75, 3.05) is 38.6 Å². The lowest BCUT2D eigenvalue weighted by Gasteiger charge is -2.47. The van der Waals surface area contributed by atoms with Crippen LogP contribution in [0.2, 0.25) is 0 Å². The molecule has 0 radical (unpaired) electrons. The number of hydrogen-bond acceptors (Lipinski definition) is 3. The Labute approximate surface area is 124 Å². The van der Waals surface area contributed by atoms with Crippen molar-refractivity contribution in [3.8, 4) is 0 Å². The Bertz CT molecular complexity index is 447. The second kappa shape index (κ2) is 5.81. The van der Waals surface area contributed by atoms with Crippen molar-refractivity contribution in [1.29, 1.82) is 0 Å². The van der Waals surface area contributed by atoms with Gasteiger partial charge in [0.2, 0.25) is 0 Å². The van der Waals surface area contributed by atoms with Gasteiger partial charge in [-0.25, -0.2) is 0 Å². The van der Waals surface area contributed by atoms with Crippen molar-refractivity contribution < 1.29 is 0 Å². The van der Waals surface area contributed by atoms with Crippen LogP contribution < -0.4 is 10.6 Å². The highest BCUT2D eigenvalue weighted by Crippen LogP contribution is 2.30. The lowest BCUT2D eigenvalue weighted by atomic mass is 9.87. The Morgan fingerprint density at radius 3 is 2.74 bits per heavy atom. The summed E-state index contributed by atoms with van der Waals surface area (Å²) in [7, 11) is 4.28. The minimum atomic E-state index is 0.107. The van der Waals surface area contributed by atoms with E-state index in [-0.39, 0.29) is 5.54 Å². The molecule has 0 saturated carbocycles. The first-order chi connectivity index (χ1) is 8.98. The third-order valence-electron chi connectivity index (χ3n) is 4.40. The molecule has 1 fully saturated rings. The molecule has 1 heterocycles. The largest absolute Gasteiger partial charge is 0.370 e. The molecule has 106 valence electrons. The van der Waals surface area contributed by atoms with Gasteiger partial charge in [-0.15, -0.1) is 0 Å². The summed E-state index contributed by atoms with van der Waals surface area (Å²) in [5, 5.41) is 0. The molecular weight excluding hydrogens is 302 g/mol. The highest BCUT2D eigenvalue weighted by Gasteiger charge is 2.36. The summed E-state index contributed by atoms with van der Waals surface area (Å²) < 4.78 is 1.18. The van der Waals surface area contributed by atoms with Crippen LogP contribution in [0.25, 0.3) is 0 Å². The molecule has 1 aromatic carbocycles. The van der Waals surface area contributed by atoms with Crippen LogP contribution in [0.15, 0.2) is 22.7 Å². The average molecular weight is 326 g/mol. The van der Waals surface area contributed by atoms with Gasteiger partial charge in [-0.05, 0) is 51.6 Å². The maximum atomic E-state index is 6.06. The van der Waals surface area contributed by atoms with Crippen LogP contribution in [-0.4, -0.2) is 44.2 Å². The van der Waals surface area contributed by atoms with Crippen molar-refractivity contribution in [2.45, 2.75) is 25.3 Å². The quantitative estimate of drug-likeness (QED) is 0.927. The van der Waals surface area contributed by atoms with E-state index < -0.39 is 0 Å². The van der Waals surface area contributed by atoms with Gasteiger partial charge in [-0.1, -0.05) is 22.0 Å². The van der Waals surface area contributed by atoms with Crippen molar-refractivity contribution >= 4 is 21.6 Å². The van der Waals surface area contributed by atoms with E-state index in [1.165, 1.54) is 28.6 Å². The van der Waals surface area contributed by atoms with Gasteiger partial charge in [-0.3, -0.25) is 0 Å². The van der Waals surface area contributed by atoms with Crippen LogP contribution in [0.3, 0.4) is 0 Å². The topological polar surface area (TPSA) is 32.5 Å².